The number of aryl methyl sites for hydroxylation is 1. The Morgan fingerprint density at radius 3 is 2.79 bits per heavy atom. The molecule has 0 aliphatic heterocycles. The van der Waals surface area contributed by atoms with Crippen LogP contribution in [0, 0.1) is 6.92 Å². The Balaban J connectivity index is 2.55. The number of nitrogens with zero attached hydrogens (tertiary/aromatic N) is 1. The van der Waals surface area contributed by atoms with E-state index in [0.717, 1.165) is 11.1 Å². The molecule has 1 heterocycles. The Bertz CT molecular complexity index is 465. The first-order valence-corrected chi connectivity index (χ1v) is 4.54. The molecule has 0 aliphatic rings. The van der Waals surface area contributed by atoms with Crippen LogP contribution >= 0.6 is 11.6 Å². The van der Waals surface area contributed by atoms with Crippen molar-refractivity contribution in [3.8, 4) is 11.3 Å². The van der Waals surface area contributed by atoms with Crippen molar-refractivity contribution in [3.05, 3.63) is 34.9 Å². The predicted molar refractivity (Wildman–Crippen MR) is 56.1 cm³/mol. The van der Waals surface area contributed by atoms with Gasteiger partial charge >= 0.3 is 0 Å². The van der Waals surface area contributed by atoms with Crippen LogP contribution in [0.3, 0.4) is 0 Å². The lowest BCUT2D eigenvalue weighted by atomic mass is 10.1. The highest BCUT2D eigenvalue weighted by Crippen LogP contribution is 2.31. The van der Waals surface area contributed by atoms with Crippen LogP contribution in [0.15, 0.2) is 28.8 Å². The summed E-state index contributed by atoms with van der Waals surface area (Å²) >= 11 is 5.91. The van der Waals surface area contributed by atoms with Gasteiger partial charge in [-0.05, 0) is 13.0 Å². The average Bonchev–Trinajstić information content (AvgIpc) is 2.48. The Morgan fingerprint density at radius 1 is 1.43 bits per heavy atom. The molecule has 2 rings (SSSR count). The summed E-state index contributed by atoms with van der Waals surface area (Å²) in [4.78, 5) is 0. The number of anilines is 1. The molecule has 0 amide bonds. The van der Waals surface area contributed by atoms with Crippen molar-refractivity contribution in [1.29, 1.82) is 0 Å². The number of rotatable bonds is 1. The minimum Gasteiger partial charge on any atom is -0.366 e. The smallest absolute Gasteiger partial charge is 0.241 e. The predicted octanol–water partition coefficient (Wildman–Crippen LogP) is 2.89. The van der Waals surface area contributed by atoms with Crippen LogP contribution in [0.5, 0.6) is 0 Å². The molecule has 2 aromatic rings. The van der Waals surface area contributed by atoms with Crippen molar-refractivity contribution >= 4 is 17.5 Å². The van der Waals surface area contributed by atoms with Gasteiger partial charge < -0.3 is 10.3 Å². The Labute approximate surface area is 86.5 Å². The second-order valence-electron chi connectivity index (χ2n) is 3.08. The lowest BCUT2D eigenvalue weighted by molar-refractivity contribution is 0.439. The first-order chi connectivity index (χ1) is 6.68. The van der Waals surface area contributed by atoms with Gasteiger partial charge in [-0.25, -0.2) is 0 Å². The van der Waals surface area contributed by atoms with E-state index in [4.69, 9.17) is 21.9 Å². The Kier molecular flexibility index (Phi) is 2.17. The summed E-state index contributed by atoms with van der Waals surface area (Å²) in [6.45, 7) is 2.00. The molecule has 0 radical (unpaired) electrons. The molecule has 0 fully saturated rings. The maximum atomic E-state index is 5.91. The third-order valence-corrected chi connectivity index (χ3v) is 2.32. The second kappa shape index (κ2) is 3.35. The van der Waals surface area contributed by atoms with E-state index in [0.29, 0.717) is 10.7 Å². The van der Waals surface area contributed by atoms with Gasteiger partial charge in [0.2, 0.25) is 5.88 Å². The summed E-state index contributed by atoms with van der Waals surface area (Å²) in [7, 11) is 0. The van der Waals surface area contributed by atoms with E-state index in [1.54, 1.807) is 0 Å². The van der Waals surface area contributed by atoms with Gasteiger partial charge in [0.25, 0.3) is 0 Å². The van der Waals surface area contributed by atoms with Crippen LogP contribution in [-0.2, 0) is 0 Å². The normalized spacial score (nSPS) is 10.4. The van der Waals surface area contributed by atoms with Gasteiger partial charge in [-0.3, -0.25) is 0 Å². The Hall–Kier alpha value is -1.48. The molecule has 0 saturated carbocycles. The number of halogens is 1. The molecule has 0 spiro atoms. The standard InChI is InChI=1S/C10H9ClN2O/c1-6-3-2-4-7(5-6)9-8(11)10(12)14-13-9/h2-5H,12H2,1H3. The van der Waals surface area contributed by atoms with E-state index in [1.165, 1.54) is 0 Å². The minimum atomic E-state index is 0.156. The van der Waals surface area contributed by atoms with E-state index in [9.17, 15) is 0 Å². The maximum Gasteiger partial charge on any atom is 0.241 e. The summed E-state index contributed by atoms with van der Waals surface area (Å²) in [5.74, 6) is 0.156. The van der Waals surface area contributed by atoms with Crippen molar-refractivity contribution in [2.75, 3.05) is 5.73 Å². The van der Waals surface area contributed by atoms with Gasteiger partial charge in [0, 0.05) is 5.56 Å². The van der Waals surface area contributed by atoms with Crippen molar-refractivity contribution in [2.45, 2.75) is 6.92 Å². The van der Waals surface area contributed by atoms with Crippen LogP contribution in [-0.4, -0.2) is 5.16 Å². The summed E-state index contributed by atoms with van der Waals surface area (Å²) in [5, 5.41) is 4.17. The molecule has 1 aromatic carbocycles. The highest BCUT2D eigenvalue weighted by molar-refractivity contribution is 6.35. The summed E-state index contributed by atoms with van der Waals surface area (Å²) in [5.41, 5.74) is 8.10. The fraction of sp³-hybridized carbons (Fsp3) is 0.100. The number of nitrogen functional groups attached to an aromatic ring is 1. The highest BCUT2D eigenvalue weighted by atomic mass is 35.5. The van der Waals surface area contributed by atoms with Crippen LogP contribution < -0.4 is 5.73 Å². The molecular formula is C10H9ClN2O. The van der Waals surface area contributed by atoms with E-state index in [2.05, 4.69) is 5.16 Å². The van der Waals surface area contributed by atoms with Crippen molar-refractivity contribution in [3.63, 3.8) is 0 Å². The lowest BCUT2D eigenvalue weighted by Gasteiger charge is -1.97. The largest absolute Gasteiger partial charge is 0.366 e. The summed E-state index contributed by atoms with van der Waals surface area (Å²) in [6.07, 6.45) is 0. The zero-order chi connectivity index (χ0) is 10.1. The average molecular weight is 209 g/mol. The lowest BCUT2D eigenvalue weighted by Crippen LogP contribution is -1.81. The van der Waals surface area contributed by atoms with Crippen LogP contribution in [0.1, 0.15) is 5.56 Å². The van der Waals surface area contributed by atoms with Crippen LogP contribution in [0.4, 0.5) is 5.88 Å². The SMILES string of the molecule is Cc1cccc(-c2noc(N)c2Cl)c1. The fourth-order valence-corrected chi connectivity index (χ4v) is 1.44. The van der Waals surface area contributed by atoms with Gasteiger partial charge in [0.05, 0.1) is 0 Å². The molecular weight excluding hydrogens is 200 g/mol. The molecule has 0 unspecified atom stereocenters. The van der Waals surface area contributed by atoms with Crippen molar-refractivity contribution in [1.82, 2.24) is 5.16 Å². The summed E-state index contributed by atoms with van der Waals surface area (Å²) < 4.78 is 4.79. The zero-order valence-corrected chi connectivity index (χ0v) is 8.38. The molecule has 0 atom stereocenters. The molecule has 0 bridgehead atoms. The van der Waals surface area contributed by atoms with Crippen molar-refractivity contribution in [2.24, 2.45) is 0 Å². The van der Waals surface area contributed by atoms with Gasteiger partial charge in [0.1, 0.15) is 10.7 Å². The summed E-state index contributed by atoms with van der Waals surface area (Å²) in [6, 6.07) is 7.83. The molecule has 4 heteroatoms. The maximum absolute atomic E-state index is 5.91. The molecule has 72 valence electrons. The second-order valence-corrected chi connectivity index (χ2v) is 3.46. The van der Waals surface area contributed by atoms with E-state index in [-0.39, 0.29) is 5.88 Å². The van der Waals surface area contributed by atoms with Crippen LogP contribution in [0.25, 0.3) is 11.3 Å². The van der Waals surface area contributed by atoms with Gasteiger partial charge in [-0.15, -0.1) is 0 Å². The molecule has 14 heavy (non-hydrogen) atoms. The first-order valence-electron chi connectivity index (χ1n) is 4.16. The first kappa shape index (κ1) is 9.09. The van der Waals surface area contributed by atoms with Crippen molar-refractivity contribution < 1.29 is 4.52 Å². The van der Waals surface area contributed by atoms with E-state index >= 15 is 0 Å². The minimum absolute atomic E-state index is 0.156. The van der Waals surface area contributed by atoms with E-state index < -0.39 is 0 Å². The quantitative estimate of drug-likeness (QED) is 0.784. The number of hydrogen-bond acceptors (Lipinski definition) is 3. The third kappa shape index (κ3) is 1.46. The molecule has 3 nitrogen and oxygen atoms in total. The monoisotopic (exact) mass is 208 g/mol. The van der Waals surface area contributed by atoms with Gasteiger partial charge in [0.15, 0.2) is 0 Å². The van der Waals surface area contributed by atoms with Crippen LogP contribution in [0.2, 0.25) is 5.02 Å². The topological polar surface area (TPSA) is 52.0 Å². The molecule has 1 aromatic heterocycles. The Morgan fingerprint density at radius 2 is 2.21 bits per heavy atom. The highest BCUT2D eigenvalue weighted by Gasteiger charge is 2.12. The number of benzene rings is 1. The molecule has 2 N–H and O–H groups in total. The number of aromatic nitrogens is 1. The molecule has 0 aliphatic carbocycles. The van der Waals surface area contributed by atoms with Gasteiger partial charge in [-0.1, -0.05) is 40.5 Å². The molecule has 0 saturated heterocycles. The zero-order valence-electron chi connectivity index (χ0n) is 7.62. The number of nitrogens with two attached hydrogens (primary N) is 1. The van der Waals surface area contributed by atoms with Gasteiger partial charge in [-0.2, -0.15) is 0 Å². The number of hydrogen-bond donors (Lipinski definition) is 1. The third-order valence-electron chi connectivity index (χ3n) is 1.95. The fourth-order valence-electron chi connectivity index (χ4n) is 1.26. The van der Waals surface area contributed by atoms with E-state index in [1.807, 2.05) is 31.2 Å².